The summed E-state index contributed by atoms with van der Waals surface area (Å²) in [5.41, 5.74) is 2.27. The first-order valence-corrected chi connectivity index (χ1v) is 5.13. The van der Waals surface area contributed by atoms with E-state index in [9.17, 15) is 4.79 Å². The lowest BCUT2D eigenvalue weighted by molar-refractivity contribution is 0.884. The van der Waals surface area contributed by atoms with E-state index in [1.807, 2.05) is 25.1 Å². The first kappa shape index (κ1) is 10.5. The summed E-state index contributed by atoms with van der Waals surface area (Å²) < 4.78 is 0. The Labute approximate surface area is 93.4 Å². The van der Waals surface area contributed by atoms with Crippen molar-refractivity contribution in [1.29, 1.82) is 0 Å². The number of nitrogens with one attached hydrogen (secondary N) is 1. The van der Waals surface area contributed by atoms with Crippen LogP contribution in [0.15, 0.2) is 29.2 Å². The van der Waals surface area contributed by atoms with E-state index < -0.39 is 0 Å². The van der Waals surface area contributed by atoms with Crippen LogP contribution in [0.1, 0.15) is 22.8 Å². The van der Waals surface area contributed by atoms with Crippen LogP contribution in [0, 0.1) is 13.8 Å². The molecule has 0 aliphatic rings. The minimum atomic E-state index is -0.0709. The van der Waals surface area contributed by atoms with Crippen LogP contribution in [0.5, 0.6) is 0 Å². The van der Waals surface area contributed by atoms with Crippen LogP contribution in [0.2, 0.25) is 0 Å². The first-order valence-electron chi connectivity index (χ1n) is 5.13. The normalized spacial score (nSPS) is 10.4. The molecule has 0 spiro atoms. The van der Waals surface area contributed by atoms with Crippen molar-refractivity contribution in [3.8, 4) is 0 Å². The van der Waals surface area contributed by atoms with Gasteiger partial charge in [-0.1, -0.05) is 6.07 Å². The standard InChI is InChI=1S/C12H13N3O/c1-8-9(2)14-11(15-12(8)16)7-10-5-3-4-6-13-10/h3-6H,7H2,1-2H3,(H,14,15,16). The highest BCUT2D eigenvalue weighted by Crippen LogP contribution is 2.02. The Bertz CT molecular complexity index is 546. The Kier molecular flexibility index (Phi) is 2.81. The topological polar surface area (TPSA) is 58.6 Å². The van der Waals surface area contributed by atoms with E-state index in [4.69, 9.17) is 0 Å². The highest BCUT2D eigenvalue weighted by molar-refractivity contribution is 5.17. The third-order valence-electron chi connectivity index (χ3n) is 2.52. The van der Waals surface area contributed by atoms with Gasteiger partial charge in [-0.15, -0.1) is 0 Å². The predicted octanol–water partition coefficient (Wildman–Crippen LogP) is 1.37. The highest BCUT2D eigenvalue weighted by atomic mass is 16.1. The van der Waals surface area contributed by atoms with Crippen LogP contribution in [0.4, 0.5) is 0 Å². The van der Waals surface area contributed by atoms with Gasteiger partial charge in [-0.25, -0.2) is 4.98 Å². The van der Waals surface area contributed by atoms with E-state index in [0.29, 0.717) is 17.8 Å². The fourth-order valence-electron chi connectivity index (χ4n) is 1.46. The molecule has 0 unspecified atom stereocenters. The molecule has 4 nitrogen and oxygen atoms in total. The van der Waals surface area contributed by atoms with Crippen molar-refractivity contribution in [1.82, 2.24) is 15.0 Å². The molecule has 2 aromatic heterocycles. The molecule has 0 radical (unpaired) electrons. The predicted molar refractivity (Wildman–Crippen MR) is 61.4 cm³/mol. The number of hydrogen-bond acceptors (Lipinski definition) is 3. The summed E-state index contributed by atoms with van der Waals surface area (Å²) in [7, 11) is 0. The Hall–Kier alpha value is -1.97. The minimum absolute atomic E-state index is 0.0709. The van der Waals surface area contributed by atoms with Crippen molar-refractivity contribution in [3.63, 3.8) is 0 Å². The lowest BCUT2D eigenvalue weighted by atomic mass is 10.2. The average molecular weight is 215 g/mol. The van der Waals surface area contributed by atoms with Gasteiger partial charge in [0, 0.05) is 29.6 Å². The zero-order valence-corrected chi connectivity index (χ0v) is 9.32. The van der Waals surface area contributed by atoms with Gasteiger partial charge in [-0.05, 0) is 26.0 Å². The molecule has 0 aromatic carbocycles. The van der Waals surface area contributed by atoms with Crippen LogP contribution in [0.3, 0.4) is 0 Å². The average Bonchev–Trinajstić information content (AvgIpc) is 2.27. The lowest BCUT2D eigenvalue weighted by Gasteiger charge is -2.03. The SMILES string of the molecule is Cc1nc(Cc2ccccn2)[nH]c(=O)c1C. The summed E-state index contributed by atoms with van der Waals surface area (Å²) in [6, 6.07) is 5.69. The fourth-order valence-corrected chi connectivity index (χ4v) is 1.46. The molecule has 1 N–H and O–H groups in total. The Morgan fingerprint density at radius 2 is 2.12 bits per heavy atom. The van der Waals surface area contributed by atoms with E-state index in [2.05, 4.69) is 15.0 Å². The van der Waals surface area contributed by atoms with E-state index in [-0.39, 0.29) is 5.56 Å². The molecule has 2 rings (SSSR count). The second kappa shape index (κ2) is 4.26. The second-order valence-corrected chi connectivity index (χ2v) is 3.72. The van der Waals surface area contributed by atoms with Crippen molar-refractivity contribution in [2.45, 2.75) is 20.3 Å². The summed E-state index contributed by atoms with van der Waals surface area (Å²) in [4.78, 5) is 22.8. The van der Waals surface area contributed by atoms with E-state index in [1.165, 1.54) is 0 Å². The van der Waals surface area contributed by atoms with Crippen molar-refractivity contribution in [2.24, 2.45) is 0 Å². The fraction of sp³-hybridized carbons (Fsp3) is 0.250. The Morgan fingerprint density at radius 1 is 1.31 bits per heavy atom. The maximum absolute atomic E-state index is 11.5. The summed E-state index contributed by atoms with van der Waals surface area (Å²) in [5.74, 6) is 0.659. The van der Waals surface area contributed by atoms with Crippen molar-refractivity contribution in [2.75, 3.05) is 0 Å². The van der Waals surface area contributed by atoms with Crippen LogP contribution in [-0.2, 0) is 6.42 Å². The molecule has 4 heteroatoms. The van der Waals surface area contributed by atoms with Gasteiger partial charge in [0.1, 0.15) is 5.82 Å². The van der Waals surface area contributed by atoms with Crippen molar-refractivity contribution >= 4 is 0 Å². The quantitative estimate of drug-likeness (QED) is 0.823. The smallest absolute Gasteiger partial charge is 0.254 e. The number of H-pyrrole nitrogens is 1. The molecule has 0 amide bonds. The Balaban J connectivity index is 2.33. The van der Waals surface area contributed by atoms with Crippen molar-refractivity contribution in [3.05, 3.63) is 57.5 Å². The van der Waals surface area contributed by atoms with Gasteiger partial charge in [0.05, 0.1) is 0 Å². The molecule has 0 aliphatic heterocycles. The molecule has 82 valence electrons. The van der Waals surface area contributed by atoms with E-state index >= 15 is 0 Å². The van der Waals surface area contributed by atoms with Crippen LogP contribution in [-0.4, -0.2) is 15.0 Å². The maximum atomic E-state index is 11.5. The second-order valence-electron chi connectivity index (χ2n) is 3.72. The maximum Gasteiger partial charge on any atom is 0.254 e. The molecule has 2 heterocycles. The summed E-state index contributed by atoms with van der Waals surface area (Å²) in [6.45, 7) is 3.61. The number of hydrogen-bond donors (Lipinski definition) is 1. The molecule has 2 aromatic rings. The van der Waals surface area contributed by atoms with Gasteiger partial charge in [-0.3, -0.25) is 9.78 Å². The van der Waals surface area contributed by atoms with Crippen LogP contribution < -0.4 is 5.56 Å². The largest absolute Gasteiger partial charge is 0.310 e. The van der Waals surface area contributed by atoms with Crippen molar-refractivity contribution < 1.29 is 0 Å². The zero-order valence-electron chi connectivity index (χ0n) is 9.32. The van der Waals surface area contributed by atoms with Gasteiger partial charge in [-0.2, -0.15) is 0 Å². The van der Waals surface area contributed by atoms with E-state index in [0.717, 1.165) is 11.4 Å². The summed E-state index contributed by atoms with van der Waals surface area (Å²) in [5, 5.41) is 0. The molecule has 0 aliphatic carbocycles. The van der Waals surface area contributed by atoms with Gasteiger partial charge in [0.15, 0.2) is 0 Å². The molecule has 0 bridgehead atoms. The highest BCUT2D eigenvalue weighted by Gasteiger charge is 2.04. The molecule has 0 saturated heterocycles. The number of aromatic amines is 1. The third-order valence-corrected chi connectivity index (χ3v) is 2.52. The molecule has 0 saturated carbocycles. The Morgan fingerprint density at radius 3 is 2.75 bits per heavy atom. The van der Waals surface area contributed by atoms with Crippen LogP contribution >= 0.6 is 0 Å². The number of aryl methyl sites for hydroxylation is 1. The summed E-state index contributed by atoms with van der Waals surface area (Å²) >= 11 is 0. The molecule has 16 heavy (non-hydrogen) atoms. The van der Waals surface area contributed by atoms with Gasteiger partial charge >= 0.3 is 0 Å². The van der Waals surface area contributed by atoms with Crippen LogP contribution in [0.25, 0.3) is 0 Å². The number of nitrogens with zero attached hydrogens (tertiary/aromatic N) is 2. The number of pyridine rings is 1. The minimum Gasteiger partial charge on any atom is -0.310 e. The van der Waals surface area contributed by atoms with E-state index in [1.54, 1.807) is 13.1 Å². The summed E-state index contributed by atoms with van der Waals surface area (Å²) in [6.07, 6.45) is 2.28. The van der Waals surface area contributed by atoms with Gasteiger partial charge in [0.2, 0.25) is 0 Å². The molecule has 0 fully saturated rings. The lowest BCUT2D eigenvalue weighted by Crippen LogP contribution is -2.16. The number of aromatic nitrogens is 3. The third kappa shape index (κ3) is 2.16. The van der Waals surface area contributed by atoms with Gasteiger partial charge < -0.3 is 4.98 Å². The molecular weight excluding hydrogens is 202 g/mol. The monoisotopic (exact) mass is 215 g/mol. The van der Waals surface area contributed by atoms with Gasteiger partial charge in [0.25, 0.3) is 5.56 Å². The molecule has 0 atom stereocenters. The molecular formula is C12H13N3O. The first-order chi connectivity index (χ1) is 7.66. The zero-order chi connectivity index (χ0) is 11.5. The number of rotatable bonds is 2.